The second-order valence-corrected chi connectivity index (χ2v) is 7.48. The van der Waals surface area contributed by atoms with Gasteiger partial charge >= 0.3 is 6.09 Å². The summed E-state index contributed by atoms with van der Waals surface area (Å²) in [5.74, 6) is 0. The highest BCUT2D eigenvalue weighted by molar-refractivity contribution is 5.68. The lowest BCUT2D eigenvalue weighted by molar-refractivity contribution is 0.0522. The SMILES string of the molecule is CC(C)(C)OC(=O)NC1CC1NC1CCNCc2ccccc21. The van der Waals surface area contributed by atoms with Crippen LogP contribution in [0.25, 0.3) is 0 Å². The van der Waals surface area contributed by atoms with Gasteiger partial charge in [-0.15, -0.1) is 0 Å². The normalized spacial score (nSPS) is 26.8. The van der Waals surface area contributed by atoms with Gasteiger partial charge in [0.05, 0.1) is 0 Å². The number of hydrogen-bond donors (Lipinski definition) is 3. The third kappa shape index (κ3) is 4.45. The lowest BCUT2D eigenvalue weighted by atomic mass is 9.99. The van der Waals surface area contributed by atoms with Crippen LogP contribution in [0.4, 0.5) is 4.79 Å². The molecule has 1 fully saturated rings. The van der Waals surface area contributed by atoms with Gasteiger partial charge in [-0.25, -0.2) is 4.79 Å². The predicted octanol–water partition coefficient (Wildman–Crippen LogP) is 2.48. The number of fused-ring (bicyclic) bond motifs is 1. The van der Waals surface area contributed by atoms with Crippen LogP contribution in [0.15, 0.2) is 24.3 Å². The number of rotatable bonds is 3. The number of carbonyl (C=O) groups excluding carboxylic acids is 1. The van der Waals surface area contributed by atoms with E-state index in [1.165, 1.54) is 11.1 Å². The van der Waals surface area contributed by atoms with Crippen LogP contribution in [-0.4, -0.2) is 30.3 Å². The lowest BCUT2D eigenvalue weighted by Gasteiger charge is -2.21. The van der Waals surface area contributed by atoms with Crippen molar-refractivity contribution in [1.29, 1.82) is 0 Å². The van der Waals surface area contributed by atoms with E-state index in [2.05, 4.69) is 40.2 Å². The third-order valence-corrected chi connectivity index (χ3v) is 4.26. The molecule has 3 unspecified atom stereocenters. The fourth-order valence-corrected chi connectivity index (χ4v) is 3.09. The van der Waals surface area contributed by atoms with Crippen LogP contribution in [0, 0.1) is 0 Å². The molecule has 0 saturated heterocycles. The van der Waals surface area contributed by atoms with Crippen molar-refractivity contribution in [2.24, 2.45) is 0 Å². The Hall–Kier alpha value is -1.59. The van der Waals surface area contributed by atoms with Crippen molar-refractivity contribution in [3.8, 4) is 0 Å². The Labute approximate surface area is 138 Å². The lowest BCUT2D eigenvalue weighted by Crippen LogP contribution is -2.37. The number of amides is 1. The first-order chi connectivity index (χ1) is 10.9. The molecule has 126 valence electrons. The van der Waals surface area contributed by atoms with Gasteiger partial charge in [0.2, 0.25) is 0 Å². The highest BCUT2D eigenvalue weighted by Gasteiger charge is 2.40. The number of ether oxygens (including phenoxy) is 1. The van der Waals surface area contributed by atoms with Crippen molar-refractivity contribution in [2.45, 2.75) is 63.9 Å². The first kappa shape index (κ1) is 16.3. The maximum atomic E-state index is 11.8. The molecule has 1 aliphatic carbocycles. The largest absolute Gasteiger partial charge is 0.444 e. The molecule has 1 aromatic carbocycles. The van der Waals surface area contributed by atoms with E-state index in [0.717, 1.165) is 25.9 Å². The highest BCUT2D eigenvalue weighted by Crippen LogP contribution is 2.30. The van der Waals surface area contributed by atoms with E-state index in [1.54, 1.807) is 0 Å². The van der Waals surface area contributed by atoms with Gasteiger partial charge in [0.1, 0.15) is 5.60 Å². The summed E-state index contributed by atoms with van der Waals surface area (Å²) in [7, 11) is 0. The maximum Gasteiger partial charge on any atom is 0.407 e. The highest BCUT2D eigenvalue weighted by atomic mass is 16.6. The summed E-state index contributed by atoms with van der Waals surface area (Å²) in [5, 5.41) is 10.1. The van der Waals surface area contributed by atoms with Crippen molar-refractivity contribution < 1.29 is 9.53 Å². The van der Waals surface area contributed by atoms with Gasteiger partial charge in [0.15, 0.2) is 0 Å². The van der Waals surface area contributed by atoms with Crippen LogP contribution in [0.2, 0.25) is 0 Å². The Morgan fingerprint density at radius 2 is 2.04 bits per heavy atom. The van der Waals surface area contributed by atoms with Crippen molar-refractivity contribution in [2.75, 3.05) is 6.54 Å². The van der Waals surface area contributed by atoms with Gasteiger partial charge in [-0.1, -0.05) is 24.3 Å². The van der Waals surface area contributed by atoms with Gasteiger partial charge in [-0.05, 0) is 51.3 Å². The van der Waals surface area contributed by atoms with Crippen molar-refractivity contribution >= 4 is 6.09 Å². The number of benzene rings is 1. The molecular weight excluding hydrogens is 290 g/mol. The Morgan fingerprint density at radius 1 is 1.26 bits per heavy atom. The fourth-order valence-electron chi connectivity index (χ4n) is 3.09. The molecule has 0 radical (unpaired) electrons. The molecule has 3 atom stereocenters. The molecule has 1 amide bonds. The Morgan fingerprint density at radius 3 is 2.83 bits per heavy atom. The van der Waals surface area contributed by atoms with Crippen LogP contribution in [-0.2, 0) is 11.3 Å². The summed E-state index contributed by atoms with van der Waals surface area (Å²) in [5.41, 5.74) is 2.29. The number of nitrogens with one attached hydrogen (secondary N) is 3. The molecule has 1 heterocycles. The molecule has 0 spiro atoms. The number of carbonyl (C=O) groups is 1. The molecule has 1 saturated carbocycles. The predicted molar refractivity (Wildman–Crippen MR) is 90.2 cm³/mol. The second-order valence-electron chi connectivity index (χ2n) is 7.48. The van der Waals surface area contributed by atoms with Gasteiger partial charge in [-0.2, -0.15) is 0 Å². The Balaban J connectivity index is 1.54. The Bertz CT molecular complexity index is 568. The minimum atomic E-state index is -0.451. The quantitative estimate of drug-likeness (QED) is 0.801. The smallest absolute Gasteiger partial charge is 0.407 e. The van der Waals surface area contributed by atoms with Gasteiger partial charge in [0, 0.05) is 24.7 Å². The van der Waals surface area contributed by atoms with E-state index < -0.39 is 5.60 Å². The number of hydrogen-bond acceptors (Lipinski definition) is 4. The topological polar surface area (TPSA) is 62.4 Å². The number of alkyl carbamates (subject to hydrolysis) is 1. The van der Waals surface area contributed by atoms with Crippen molar-refractivity contribution in [3.05, 3.63) is 35.4 Å². The molecule has 3 N–H and O–H groups in total. The molecule has 23 heavy (non-hydrogen) atoms. The summed E-state index contributed by atoms with van der Waals surface area (Å²) < 4.78 is 5.32. The molecular formula is C18H27N3O2. The van der Waals surface area contributed by atoms with E-state index in [1.807, 2.05) is 20.8 Å². The summed E-state index contributed by atoms with van der Waals surface area (Å²) in [4.78, 5) is 11.8. The van der Waals surface area contributed by atoms with Crippen LogP contribution in [0.1, 0.15) is 50.8 Å². The fraction of sp³-hybridized carbons (Fsp3) is 0.611. The van der Waals surface area contributed by atoms with Crippen molar-refractivity contribution in [1.82, 2.24) is 16.0 Å². The van der Waals surface area contributed by atoms with E-state index in [4.69, 9.17) is 4.74 Å². The minimum Gasteiger partial charge on any atom is -0.444 e. The standard InChI is InChI=1S/C18H27N3O2/c1-18(2,3)23-17(22)21-16-10-15(16)20-14-8-9-19-11-12-6-4-5-7-13(12)14/h4-7,14-16,19-20H,8-11H2,1-3H3,(H,21,22). The molecule has 0 bridgehead atoms. The maximum absolute atomic E-state index is 11.8. The molecule has 1 aliphatic heterocycles. The zero-order valence-electron chi connectivity index (χ0n) is 14.2. The summed E-state index contributed by atoms with van der Waals surface area (Å²) in [6.07, 6.45) is 1.70. The van der Waals surface area contributed by atoms with Crippen LogP contribution >= 0.6 is 0 Å². The van der Waals surface area contributed by atoms with E-state index in [-0.39, 0.29) is 12.1 Å². The molecule has 2 aliphatic rings. The zero-order chi connectivity index (χ0) is 16.4. The molecule has 3 rings (SSSR count). The molecule has 0 aromatic heterocycles. The van der Waals surface area contributed by atoms with E-state index in [0.29, 0.717) is 12.1 Å². The summed E-state index contributed by atoms with van der Waals surface area (Å²) in [6, 6.07) is 9.43. The van der Waals surface area contributed by atoms with Crippen LogP contribution in [0.5, 0.6) is 0 Å². The Kier molecular flexibility index (Phi) is 4.60. The van der Waals surface area contributed by atoms with Gasteiger partial charge in [-0.3, -0.25) is 0 Å². The summed E-state index contributed by atoms with van der Waals surface area (Å²) >= 11 is 0. The third-order valence-electron chi connectivity index (χ3n) is 4.26. The van der Waals surface area contributed by atoms with Crippen LogP contribution < -0.4 is 16.0 Å². The van der Waals surface area contributed by atoms with E-state index in [9.17, 15) is 4.79 Å². The first-order valence-corrected chi connectivity index (χ1v) is 8.46. The summed E-state index contributed by atoms with van der Waals surface area (Å²) in [6.45, 7) is 7.57. The zero-order valence-corrected chi connectivity index (χ0v) is 14.2. The van der Waals surface area contributed by atoms with Crippen molar-refractivity contribution in [3.63, 3.8) is 0 Å². The van der Waals surface area contributed by atoms with E-state index >= 15 is 0 Å². The molecule has 5 nitrogen and oxygen atoms in total. The van der Waals surface area contributed by atoms with Gasteiger partial charge in [0.25, 0.3) is 0 Å². The average molecular weight is 317 g/mol. The monoisotopic (exact) mass is 317 g/mol. The van der Waals surface area contributed by atoms with Gasteiger partial charge < -0.3 is 20.7 Å². The molecule has 5 heteroatoms. The molecule has 1 aromatic rings. The average Bonchev–Trinajstić information content (AvgIpc) is 3.21. The minimum absolute atomic E-state index is 0.174. The first-order valence-electron chi connectivity index (χ1n) is 8.46. The van der Waals surface area contributed by atoms with Crippen LogP contribution in [0.3, 0.4) is 0 Å². The second kappa shape index (κ2) is 6.49.